The number of aliphatic hydroxyl groups excluding tert-OH is 1. The molecule has 0 fully saturated rings. The van der Waals surface area contributed by atoms with Gasteiger partial charge in [-0.25, -0.2) is 9.97 Å². The van der Waals surface area contributed by atoms with Crippen molar-refractivity contribution < 1.29 is 9.84 Å². The molecule has 23 heavy (non-hydrogen) atoms. The van der Waals surface area contributed by atoms with Crippen molar-refractivity contribution in [3.63, 3.8) is 0 Å². The van der Waals surface area contributed by atoms with Crippen LogP contribution in [0.3, 0.4) is 0 Å². The molecular formula is C17H18N4O2. The third-order valence-corrected chi connectivity index (χ3v) is 4.64. The number of ether oxygens (including phenoxy) is 1. The summed E-state index contributed by atoms with van der Waals surface area (Å²) in [6.45, 7) is 0.971. The monoisotopic (exact) mass is 310 g/mol. The Balaban J connectivity index is 1.70. The van der Waals surface area contributed by atoms with Crippen LogP contribution in [0.25, 0.3) is 11.2 Å². The van der Waals surface area contributed by atoms with Crippen LogP contribution in [-0.4, -0.2) is 38.3 Å². The first-order chi connectivity index (χ1) is 11.3. The van der Waals surface area contributed by atoms with Gasteiger partial charge in [0.1, 0.15) is 6.33 Å². The molecule has 6 heteroatoms. The molecule has 0 spiro atoms. The Kier molecular flexibility index (Phi) is 3.46. The number of benzene rings is 1. The number of nitrogens with zero attached hydrogens (tertiary/aromatic N) is 4. The standard InChI is InChI=1S/C17H18N4O2/c1-23-17-15-16(18-9-19-17)21(10-20-15)7-11-6-12(8-22)14-5-3-2-4-13(11)14/h2-5,9-12,22H,6-8H2,1H3/t11-,12+/m0/s1. The van der Waals surface area contributed by atoms with E-state index >= 15 is 0 Å². The van der Waals surface area contributed by atoms with Gasteiger partial charge < -0.3 is 14.4 Å². The number of aliphatic hydroxyl groups is 1. The third kappa shape index (κ3) is 2.26. The molecule has 1 aliphatic rings. The minimum atomic E-state index is 0.189. The number of hydrogen-bond donors (Lipinski definition) is 1. The Labute approximate surface area is 133 Å². The van der Waals surface area contributed by atoms with Gasteiger partial charge in [-0.05, 0) is 17.5 Å². The molecule has 0 amide bonds. The fraction of sp³-hybridized carbons (Fsp3) is 0.353. The second-order valence-corrected chi connectivity index (χ2v) is 5.89. The van der Waals surface area contributed by atoms with Crippen molar-refractivity contribution in [2.75, 3.05) is 13.7 Å². The van der Waals surface area contributed by atoms with Gasteiger partial charge in [0, 0.05) is 25.0 Å². The summed E-state index contributed by atoms with van der Waals surface area (Å²) in [6.07, 6.45) is 4.23. The zero-order chi connectivity index (χ0) is 15.8. The average Bonchev–Trinajstić information content (AvgIpc) is 3.17. The summed E-state index contributed by atoms with van der Waals surface area (Å²) >= 11 is 0. The average molecular weight is 310 g/mol. The lowest BCUT2D eigenvalue weighted by Gasteiger charge is -2.13. The Hall–Kier alpha value is -2.47. The summed E-state index contributed by atoms with van der Waals surface area (Å²) in [5.41, 5.74) is 4.04. The van der Waals surface area contributed by atoms with Crippen molar-refractivity contribution in [3.05, 3.63) is 48.0 Å². The number of rotatable bonds is 4. The van der Waals surface area contributed by atoms with Crippen molar-refractivity contribution >= 4 is 11.2 Å². The summed E-state index contributed by atoms with van der Waals surface area (Å²) in [5, 5.41) is 9.64. The minimum Gasteiger partial charge on any atom is -0.479 e. The van der Waals surface area contributed by atoms with Crippen LogP contribution in [0.15, 0.2) is 36.9 Å². The predicted molar refractivity (Wildman–Crippen MR) is 85.5 cm³/mol. The van der Waals surface area contributed by atoms with Crippen molar-refractivity contribution in [1.82, 2.24) is 19.5 Å². The van der Waals surface area contributed by atoms with E-state index in [1.54, 1.807) is 13.4 Å². The van der Waals surface area contributed by atoms with Gasteiger partial charge >= 0.3 is 0 Å². The molecule has 3 aromatic rings. The third-order valence-electron chi connectivity index (χ3n) is 4.64. The van der Waals surface area contributed by atoms with Gasteiger partial charge in [-0.2, -0.15) is 4.98 Å². The number of aromatic nitrogens is 4. The fourth-order valence-electron chi connectivity index (χ4n) is 3.58. The summed E-state index contributed by atoms with van der Waals surface area (Å²) in [5.74, 6) is 1.06. The zero-order valence-electron chi connectivity index (χ0n) is 12.9. The van der Waals surface area contributed by atoms with E-state index in [1.807, 2.05) is 10.6 Å². The van der Waals surface area contributed by atoms with Gasteiger partial charge in [0.25, 0.3) is 0 Å². The molecular weight excluding hydrogens is 292 g/mol. The molecule has 6 nitrogen and oxygen atoms in total. The van der Waals surface area contributed by atoms with Crippen LogP contribution in [0.1, 0.15) is 29.4 Å². The highest BCUT2D eigenvalue weighted by atomic mass is 16.5. The van der Waals surface area contributed by atoms with Crippen molar-refractivity contribution in [1.29, 1.82) is 0 Å². The predicted octanol–water partition coefficient (Wildman–Crippen LogP) is 2.10. The van der Waals surface area contributed by atoms with Crippen LogP contribution in [-0.2, 0) is 6.54 Å². The van der Waals surface area contributed by atoms with Crippen LogP contribution in [0.5, 0.6) is 5.88 Å². The fourth-order valence-corrected chi connectivity index (χ4v) is 3.58. The van der Waals surface area contributed by atoms with E-state index < -0.39 is 0 Å². The SMILES string of the molecule is COc1ncnc2c1ncn2C[C@@H]1C[C@H](CO)c2ccccc21. The van der Waals surface area contributed by atoms with Gasteiger partial charge in [-0.3, -0.25) is 0 Å². The van der Waals surface area contributed by atoms with E-state index in [4.69, 9.17) is 4.74 Å². The largest absolute Gasteiger partial charge is 0.479 e. The highest BCUT2D eigenvalue weighted by Gasteiger charge is 2.30. The molecule has 0 unspecified atom stereocenters. The van der Waals surface area contributed by atoms with Crippen LogP contribution >= 0.6 is 0 Å². The van der Waals surface area contributed by atoms with Crippen LogP contribution in [0.4, 0.5) is 0 Å². The van der Waals surface area contributed by atoms with E-state index in [2.05, 4.69) is 33.2 Å². The van der Waals surface area contributed by atoms with Gasteiger partial charge in [0.15, 0.2) is 11.2 Å². The molecule has 4 rings (SSSR count). The summed E-state index contributed by atoms with van der Waals surface area (Å²) in [7, 11) is 1.58. The van der Waals surface area contributed by atoms with Gasteiger partial charge in [-0.1, -0.05) is 24.3 Å². The highest BCUT2D eigenvalue weighted by molar-refractivity contribution is 5.75. The highest BCUT2D eigenvalue weighted by Crippen LogP contribution is 2.42. The topological polar surface area (TPSA) is 73.1 Å². The first kappa shape index (κ1) is 14.1. The van der Waals surface area contributed by atoms with Crippen LogP contribution < -0.4 is 4.74 Å². The summed E-state index contributed by atoms with van der Waals surface area (Å²) in [4.78, 5) is 12.8. The lowest BCUT2D eigenvalue weighted by molar-refractivity contribution is 0.259. The van der Waals surface area contributed by atoms with Crippen molar-refractivity contribution in [2.45, 2.75) is 24.8 Å². The molecule has 0 saturated heterocycles. The Bertz CT molecular complexity index is 845. The molecule has 1 aromatic carbocycles. The maximum absolute atomic E-state index is 9.64. The number of fused-ring (bicyclic) bond motifs is 2. The van der Waals surface area contributed by atoms with Crippen molar-refractivity contribution in [3.8, 4) is 5.88 Å². The molecule has 0 aliphatic heterocycles. The second-order valence-electron chi connectivity index (χ2n) is 5.89. The van der Waals surface area contributed by atoms with Gasteiger partial charge in [-0.15, -0.1) is 0 Å². The van der Waals surface area contributed by atoms with E-state index in [-0.39, 0.29) is 12.5 Å². The lowest BCUT2D eigenvalue weighted by atomic mass is 10.0. The van der Waals surface area contributed by atoms with Crippen LogP contribution in [0, 0.1) is 0 Å². The Morgan fingerprint density at radius 2 is 1.96 bits per heavy atom. The Morgan fingerprint density at radius 3 is 2.70 bits per heavy atom. The van der Waals surface area contributed by atoms with Gasteiger partial charge in [0.2, 0.25) is 5.88 Å². The maximum Gasteiger partial charge on any atom is 0.245 e. The van der Waals surface area contributed by atoms with E-state index in [9.17, 15) is 5.11 Å². The smallest absolute Gasteiger partial charge is 0.245 e. The molecule has 1 aliphatic carbocycles. The number of hydrogen-bond acceptors (Lipinski definition) is 5. The van der Waals surface area contributed by atoms with E-state index in [0.717, 1.165) is 18.6 Å². The van der Waals surface area contributed by atoms with Crippen molar-refractivity contribution in [2.24, 2.45) is 0 Å². The number of imidazole rings is 1. The molecule has 1 N–H and O–H groups in total. The molecule has 118 valence electrons. The normalized spacial score (nSPS) is 19.9. The molecule has 0 bridgehead atoms. The zero-order valence-corrected chi connectivity index (χ0v) is 12.9. The molecule has 2 atom stereocenters. The quantitative estimate of drug-likeness (QED) is 0.799. The number of methoxy groups -OCH3 is 1. The molecule has 2 aromatic heterocycles. The first-order valence-electron chi connectivity index (χ1n) is 7.71. The van der Waals surface area contributed by atoms with E-state index in [1.165, 1.54) is 17.5 Å². The first-order valence-corrected chi connectivity index (χ1v) is 7.71. The van der Waals surface area contributed by atoms with E-state index in [0.29, 0.717) is 17.3 Å². The van der Waals surface area contributed by atoms with Gasteiger partial charge in [0.05, 0.1) is 13.4 Å². The summed E-state index contributed by atoms with van der Waals surface area (Å²) in [6, 6.07) is 8.37. The maximum atomic E-state index is 9.64. The van der Waals surface area contributed by atoms with Crippen LogP contribution in [0.2, 0.25) is 0 Å². The molecule has 0 radical (unpaired) electrons. The Morgan fingerprint density at radius 1 is 1.17 bits per heavy atom. The minimum absolute atomic E-state index is 0.189. The summed E-state index contributed by atoms with van der Waals surface area (Å²) < 4.78 is 7.28. The molecule has 2 heterocycles. The molecule has 0 saturated carbocycles. The lowest BCUT2D eigenvalue weighted by Crippen LogP contribution is -2.07. The second kappa shape index (κ2) is 5.62.